The topological polar surface area (TPSA) is 193 Å². The van der Waals surface area contributed by atoms with Crippen LogP contribution in [0, 0.1) is 26.1 Å². The fourth-order valence-corrected chi connectivity index (χ4v) is 2.17. The van der Waals surface area contributed by atoms with Crippen molar-refractivity contribution >= 4 is 46.3 Å². The molecule has 0 aromatic heterocycles. The van der Waals surface area contributed by atoms with E-state index in [0.29, 0.717) is 11.6 Å². The summed E-state index contributed by atoms with van der Waals surface area (Å²) in [6.07, 6.45) is 0.866. The zero-order chi connectivity index (χ0) is 23.2. The smallest absolute Gasteiger partial charge is 0.375 e. The molecule has 0 bridgehead atoms. The van der Waals surface area contributed by atoms with Crippen molar-refractivity contribution in [2.75, 3.05) is 12.4 Å². The fraction of sp³-hybridized carbons (Fsp3) is 0.235. The van der Waals surface area contributed by atoms with Crippen molar-refractivity contribution in [1.29, 1.82) is 0 Å². The highest BCUT2D eigenvalue weighted by atomic mass is 16.6. The molecule has 1 rings (SSSR count). The summed E-state index contributed by atoms with van der Waals surface area (Å²) in [6, 6.07) is 2.18. The van der Waals surface area contributed by atoms with E-state index in [1.165, 1.54) is 13.8 Å². The lowest BCUT2D eigenvalue weighted by atomic mass is 9.92. The van der Waals surface area contributed by atoms with Crippen LogP contribution in [0.1, 0.15) is 13.8 Å². The molecular formula is C17H15N3O10. The molecule has 0 aliphatic carbocycles. The maximum absolute atomic E-state index is 12.4. The number of nitro groups is 2. The third kappa shape index (κ3) is 5.60. The maximum atomic E-state index is 12.4. The summed E-state index contributed by atoms with van der Waals surface area (Å²) >= 11 is 0. The van der Waals surface area contributed by atoms with Crippen molar-refractivity contribution in [3.05, 3.63) is 50.1 Å². The van der Waals surface area contributed by atoms with Gasteiger partial charge in [-0.15, -0.1) is 0 Å². The first-order valence-electron chi connectivity index (χ1n) is 7.99. The van der Waals surface area contributed by atoms with Crippen LogP contribution in [0.25, 0.3) is 0 Å². The fourth-order valence-electron chi connectivity index (χ4n) is 2.17. The van der Waals surface area contributed by atoms with Crippen molar-refractivity contribution in [2.45, 2.75) is 13.8 Å². The molecule has 0 aliphatic heterocycles. The number of allylic oxidation sites excluding steroid dienone is 2. The number of hydrogen-bond acceptors (Lipinski definition) is 10. The molecule has 1 N–H and O–H groups in total. The lowest BCUT2D eigenvalue weighted by Gasteiger charge is -2.11. The van der Waals surface area contributed by atoms with Gasteiger partial charge in [0.2, 0.25) is 5.78 Å². The average molecular weight is 421 g/mol. The van der Waals surface area contributed by atoms with Crippen LogP contribution in [0.15, 0.2) is 29.8 Å². The second-order valence-corrected chi connectivity index (χ2v) is 5.95. The number of nitrogens with one attached hydrogen (secondary N) is 1. The van der Waals surface area contributed by atoms with Gasteiger partial charge in [0.15, 0.2) is 11.7 Å². The third-order valence-electron chi connectivity index (χ3n) is 3.49. The Hall–Kier alpha value is -4.29. The van der Waals surface area contributed by atoms with Crippen molar-refractivity contribution in [3.63, 3.8) is 0 Å². The summed E-state index contributed by atoms with van der Waals surface area (Å²) in [5, 5.41) is 23.7. The zero-order valence-corrected chi connectivity index (χ0v) is 15.9. The normalized spacial score (nSPS) is 10.9. The maximum Gasteiger partial charge on any atom is 0.375 e. The first-order valence-corrected chi connectivity index (χ1v) is 7.99. The molecule has 0 heterocycles. The number of carbonyl (C=O) groups excluding carboxylic acids is 5. The summed E-state index contributed by atoms with van der Waals surface area (Å²) in [6.45, 7) is 2.92. The quantitative estimate of drug-likeness (QED) is 0.149. The number of hydrogen-bond donors (Lipinski definition) is 1. The van der Waals surface area contributed by atoms with Crippen LogP contribution in [-0.2, 0) is 28.7 Å². The first kappa shape index (κ1) is 23.7. The molecule has 30 heavy (non-hydrogen) atoms. The molecule has 0 saturated carbocycles. The highest BCUT2D eigenvalue weighted by molar-refractivity contribution is 6.55. The van der Waals surface area contributed by atoms with E-state index in [4.69, 9.17) is 0 Å². The summed E-state index contributed by atoms with van der Waals surface area (Å²) in [5.41, 5.74) is -1.79. The number of methoxy groups -OCH3 is 1. The highest BCUT2D eigenvalue weighted by Crippen LogP contribution is 2.29. The van der Waals surface area contributed by atoms with Gasteiger partial charge in [0.05, 0.1) is 23.0 Å². The monoisotopic (exact) mass is 421 g/mol. The van der Waals surface area contributed by atoms with Crippen LogP contribution in [-0.4, -0.2) is 46.2 Å². The number of ketones is 3. The van der Waals surface area contributed by atoms with E-state index < -0.39 is 62.1 Å². The lowest BCUT2D eigenvalue weighted by Crippen LogP contribution is -2.42. The molecule has 0 fully saturated rings. The predicted molar refractivity (Wildman–Crippen MR) is 98.3 cm³/mol. The van der Waals surface area contributed by atoms with Gasteiger partial charge < -0.3 is 10.1 Å². The molecule has 1 aromatic carbocycles. The van der Waals surface area contributed by atoms with Crippen molar-refractivity contribution < 1.29 is 38.6 Å². The number of benzene rings is 1. The molecule has 13 nitrogen and oxygen atoms in total. The molecule has 13 heteroatoms. The van der Waals surface area contributed by atoms with Gasteiger partial charge in [-0.1, -0.05) is 5.57 Å². The predicted octanol–water partition coefficient (Wildman–Crippen LogP) is 0.904. The number of rotatable bonds is 9. The first-order chi connectivity index (χ1) is 13.9. The molecule has 1 unspecified atom stereocenters. The average Bonchev–Trinajstić information content (AvgIpc) is 2.66. The molecule has 0 saturated heterocycles. The Bertz CT molecular complexity index is 991. The minimum absolute atomic E-state index is 0.363. The number of Topliss-reactive ketones (excluding diaryl/α,β-unsaturated/α-hetero) is 2. The van der Waals surface area contributed by atoms with E-state index in [1.807, 2.05) is 5.32 Å². The summed E-state index contributed by atoms with van der Waals surface area (Å²) in [7, 11) is 0.827. The number of ether oxygens (including phenoxy) is 1. The summed E-state index contributed by atoms with van der Waals surface area (Å²) in [5.74, 6) is -9.95. The molecule has 0 aliphatic rings. The number of anilines is 1. The van der Waals surface area contributed by atoms with E-state index >= 15 is 0 Å². The number of carbonyl (C=O) groups is 5. The Morgan fingerprint density at radius 1 is 1.03 bits per heavy atom. The van der Waals surface area contributed by atoms with Gasteiger partial charge in [-0.05, 0) is 26.0 Å². The van der Waals surface area contributed by atoms with Crippen LogP contribution < -0.4 is 5.32 Å². The number of nitro benzene ring substituents is 2. The summed E-state index contributed by atoms with van der Waals surface area (Å²) < 4.78 is 4.18. The van der Waals surface area contributed by atoms with Gasteiger partial charge in [0.25, 0.3) is 23.1 Å². The highest BCUT2D eigenvalue weighted by Gasteiger charge is 2.41. The second kappa shape index (κ2) is 9.77. The van der Waals surface area contributed by atoms with Gasteiger partial charge in [-0.3, -0.25) is 39.4 Å². The number of amides is 1. The van der Waals surface area contributed by atoms with Crippen LogP contribution in [0.4, 0.5) is 17.1 Å². The lowest BCUT2D eigenvalue weighted by molar-refractivity contribution is -0.393. The minimum Gasteiger partial charge on any atom is -0.463 e. The van der Waals surface area contributed by atoms with Crippen molar-refractivity contribution in [1.82, 2.24) is 0 Å². The third-order valence-corrected chi connectivity index (χ3v) is 3.49. The standard InChI is InChI=1S/C17H15N3O10/c1-8(2)6-12(21)13(15(23)17(25)30-3)14(22)16(24)18-10-5-4-9(19(26)27)7-11(10)20(28)29/h4-7,13H,1-3H3,(H,18,24). The molecule has 1 amide bonds. The molecule has 1 aromatic rings. The number of esters is 1. The van der Waals surface area contributed by atoms with Gasteiger partial charge in [0, 0.05) is 6.07 Å². The zero-order valence-electron chi connectivity index (χ0n) is 15.9. The van der Waals surface area contributed by atoms with E-state index in [0.717, 1.165) is 25.3 Å². The second-order valence-electron chi connectivity index (χ2n) is 5.95. The van der Waals surface area contributed by atoms with Gasteiger partial charge in [-0.2, -0.15) is 0 Å². The van der Waals surface area contributed by atoms with Crippen molar-refractivity contribution in [2.24, 2.45) is 5.92 Å². The molecule has 0 spiro atoms. The SMILES string of the molecule is COC(=O)C(=O)C(C(=O)C=C(C)C)C(=O)C(=O)Nc1ccc([N+](=O)[O-])cc1[N+](=O)[O-]. The Morgan fingerprint density at radius 3 is 2.10 bits per heavy atom. The van der Waals surface area contributed by atoms with Crippen LogP contribution in [0.5, 0.6) is 0 Å². The molecule has 0 radical (unpaired) electrons. The molecular weight excluding hydrogens is 406 g/mol. The summed E-state index contributed by atoms with van der Waals surface area (Å²) in [4.78, 5) is 80.4. The van der Waals surface area contributed by atoms with Crippen LogP contribution >= 0.6 is 0 Å². The molecule has 158 valence electrons. The van der Waals surface area contributed by atoms with E-state index in [2.05, 4.69) is 4.74 Å². The Labute approximate surface area is 168 Å². The van der Waals surface area contributed by atoms with Gasteiger partial charge >= 0.3 is 5.97 Å². The van der Waals surface area contributed by atoms with E-state index in [9.17, 15) is 44.2 Å². The van der Waals surface area contributed by atoms with Crippen LogP contribution in [0.2, 0.25) is 0 Å². The minimum atomic E-state index is -2.36. The molecule has 1 atom stereocenters. The van der Waals surface area contributed by atoms with Gasteiger partial charge in [-0.25, -0.2) is 4.79 Å². The van der Waals surface area contributed by atoms with E-state index in [1.54, 1.807) is 0 Å². The Balaban J connectivity index is 3.31. The number of non-ortho nitro benzene ring substituents is 1. The van der Waals surface area contributed by atoms with Crippen molar-refractivity contribution in [3.8, 4) is 0 Å². The Morgan fingerprint density at radius 2 is 1.63 bits per heavy atom. The van der Waals surface area contributed by atoms with E-state index in [-0.39, 0.29) is 0 Å². The van der Waals surface area contributed by atoms with Gasteiger partial charge in [0.1, 0.15) is 5.69 Å². The Kier molecular flexibility index (Phi) is 7.73. The van der Waals surface area contributed by atoms with Crippen LogP contribution in [0.3, 0.4) is 0 Å². The largest absolute Gasteiger partial charge is 0.463 e. The number of nitrogens with zero attached hydrogens (tertiary/aromatic N) is 2.